The summed E-state index contributed by atoms with van der Waals surface area (Å²) in [5.41, 5.74) is 4.18. The van der Waals surface area contributed by atoms with Crippen molar-refractivity contribution in [1.29, 1.82) is 0 Å². The Hall–Kier alpha value is -5.30. The summed E-state index contributed by atoms with van der Waals surface area (Å²) < 4.78 is 5.85. The normalized spacial score (nSPS) is 22.0. The van der Waals surface area contributed by atoms with Gasteiger partial charge in [-0.1, -0.05) is 78.4 Å². The maximum Gasteiger partial charge on any atom is 0.335 e. The molecule has 3 aliphatic rings. The number of hydrogen-bond acceptors (Lipinski definition) is 6. The zero-order valence-corrected chi connectivity index (χ0v) is 22.7. The summed E-state index contributed by atoms with van der Waals surface area (Å²) >= 11 is 0. The Morgan fingerprint density at radius 2 is 1.36 bits per heavy atom. The minimum Gasteiger partial charge on any atom is -0.425 e. The first-order valence-electron chi connectivity index (χ1n) is 13.8. The average Bonchev–Trinajstić information content (AvgIpc) is 3.50. The molecule has 0 N–H and O–H groups in total. The van der Waals surface area contributed by atoms with E-state index < -0.39 is 35.8 Å². The summed E-state index contributed by atoms with van der Waals surface area (Å²) in [5.74, 6) is -2.94. The van der Waals surface area contributed by atoms with E-state index in [2.05, 4.69) is 0 Å². The van der Waals surface area contributed by atoms with Gasteiger partial charge in [0.05, 0.1) is 23.6 Å². The molecular weight excluding hydrogens is 528 g/mol. The molecule has 7 heteroatoms. The van der Waals surface area contributed by atoms with Crippen molar-refractivity contribution < 1.29 is 23.9 Å². The van der Waals surface area contributed by atoms with Crippen molar-refractivity contribution in [1.82, 2.24) is 0 Å². The summed E-state index contributed by atoms with van der Waals surface area (Å²) in [6.07, 6.45) is 3.84. The van der Waals surface area contributed by atoms with E-state index in [9.17, 15) is 19.2 Å². The van der Waals surface area contributed by atoms with Crippen molar-refractivity contribution in [2.75, 3.05) is 9.80 Å². The number of esters is 1. The number of para-hydroxylation sites is 1. The zero-order chi connectivity index (χ0) is 29.0. The number of hydrogen-bond donors (Lipinski definition) is 0. The predicted molar refractivity (Wildman–Crippen MR) is 158 cm³/mol. The van der Waals surface area contributed by atoms with Gasteiger partial charge in [-0.15, -0.1) is 0 Å². The highest BCUT2D eigenvalue weighted by atomic mass is 16.5. The van der Waals surface area contributed by atoms with Crippen LogP contribution in [0.2, 0.25) is 0 Å². The highest BCUT2D eigenvalue weighted by molar-refractivity contribution is 6.24. The van der Waals surface area contributed by atoms with Crippen LogP contribution in [-0.4, -0.2) is 35.7 Å². The van der Waals surface area contributed by atoms with Crippen molar-refractivity contribution in [2.45, 2.75) is 19.0 Å². The molecule has 2 fully saturated rings. The number of benzene rings is 4. The molecule has 2 saturated heterocycles. The summed E-state index contributed by atoms with van der Waals surface area (Å²) in [4.78, 5) is 57.7. The molecule has 0 aromatic heterocycles. The van der Waals surface area contributed by atoms with Gasteiger partial charge in [0.2, 0.25) is 11.8 Å². The Balaban J connectivity index is 1.22. The number of anilines is 2. The minimum absolute atomic E-state index is 0.141. The van der Waals surface area contributed by atoms with Crippen molar-refractivity contribution in [3.05, 3.63) is 131 Å². The van der Waals surface area contributed by atoms with E-state index >= 15 is 0 Å². The largest absolute Gasteiger partial charge is 0.425 e. The van der Waals surface area contributed by atoms with Gasteiger partial charge in [0.25, 0.3) is 0 Å². The van der Waals surface area contributed by atoms with Gasteiger partial charge >= 0.3 is 5.97 Å². The van der Waals surface area contributed by atoms with Crippen LogP contribution in [0.1, 0.15) is 27.0 Å². The molecule has 2 amide bonds. The van der Waals surface area contributed by atoms with Crippen LogP contribution in [0.4, 0.5) is 11.4 Å². The summed E-state index contributed by atoms with van der Waals surface area (Å²) in [5, 5.41) is 0. The second-order valence-corrected chi connectivity index (χ2v) is 10.8. The number of fused-ring (bicyclic) bond motifs is 5. The van der Waals surface area contributed by atoms with Crippen LogP contribution >= 0.6 is 0 Å². The first kappa shape index (κ1) is 25.7. The van der Waals surface area contributed by atoms with Crippen molar-refractivity contribution in [2.24, 2.45) is 11.8 Å². The van der Waals surface area contributed by atoms with E-state index in [0.717, 1.165) is 16.8 Å². The van der Waals surface area contributed by atoms with Crippen molar-refractivity contribution in [3.63, 3.8) is 0 Å². The van der Waals surface area contributed by atoms with E-state index in [4.69, 9.17) is 4.74 Å². The number of aryl methyl sites for hydroxylation is 1. The highest BCUT2D eigenvalue weighted by Crippen LogP contribution is 2.49. The Bertz CT molecular complexity index is 1760. The van der Waals surface area contributed by atoms with E-state index in [1.807, 2.05) is 66.4 Å². The monoisotopic (exact) mass is 554 g/mol. The summed E-state index contributed by atoms with van der Waals surface area (Å²) in [6, 6.07) is 28.6. The molecule has 4 aromatic rings. The lowest BCUT2D eigenvalue weighted by Crippen LogP contribution is -2.50. The Labute approximate surface area is 242 Å². The first-order valence-corrected chi connectivity index (χ1v) is 13.8. The zero-order valence-electron chi connectivity index (χ0n) is 22.7. The maximum atomic E-state index is 14.0. The molecule has 3 heterocycles. The molecule has 206 valence electrons. The molecule has 3 aliphatic heterocycles. The Morgan fingerprint density at radius 1 is 0.714 bits per heavy atom. The van der Waals surface area contributed by atoms with Gasteiger partial charge in [-0.2, -0.15) is 0 Å². The molecule has 0 saturated carbocycles. The number of rotatable bonds is 5. The van der Waals surface area contributed by atoms with Gasteiger partial charge in [-0.05, 0) is 55.0 Å². The number of carbonyl (C=O) groups excluding carboxylic acids is 4. The molecule has 7 rings (SSSR count). The topological polar surface area (TPSA) is 84.0 Å². The summed E-state index contributed by atoms with van der Waals surface area (Å²) in [7, 11) is 0. The lowest BCUT2D eigenvalue weighted by molar-refractivity contribution is -0.139. The third-order valence-corrected chi connectivity index (χ3v) is 8.32. The number of imide groups is 1. The predicted octanol–water partition coefficient (Wildman–Crippen LogP) is 5.22. The Morgan fingerprint density at radius 3 is 2.10 bits per heavy atom. The van der Waals surface area contributed by atoms with Crippen molar-refractivity contribution >= 4 is 41.0 Å². The lowest BCUT2D eigenvalue weighted by Gasteiger charge is -2.36. The molecular formula is C35H26N2O5. The second-order valence-electron chi connectivity index (χ2n) is 10.8. The SMILES string of the molecule is Cc1ccc(N2C(=O)[C@@H]3[C@@H](C2=O)[C@@H]2C=Cc4ccccc4N2[C@@H]3C(=O)Oc2ccc(C(=O)c3ccccc3)cc2)cc1. The third kappa shape index (κ3) is 4.05. The highest BCUT2D eigenvalue weighted by Gasteiger charge is 2.65. The molecule has 0 spiro atoms. The Kier molecular flexibility index (Phi) is 6.08. The quantitative estimate of drug-likeness (QED) is 0.146. The first-order chi connectivity index (χ1) is 20.4. The van der Waals surface area contributed by atoms with E-state index in [-0.39, 0.29) is 17.4 Å². The molecule has 42 heavy (non-hydrogen) atoms. The van der Waals surface area contributed by atoms with E-state index in [0.29, 0.717) is 16.8 Å². The van der Waals surface area contributed by atoms with Crippen LogP contribution in [0.3, 0.4) is 0 Å². The molecule has 0 bridgehead atoms. The van der Waals surface area contributed by atoms with Gasteiger partial charge < -0.3 is 9.64 Å². The fourth-order valence-corrected chi connectivity index (χ4v) is 6.34. The third-order valence-electron chi connectivity index (χ3n) is 8.32. The number of ether oxygens (including phenoxy) is 1. The van der Waals surface area contributed by atoms with Crippen LogP contribution in [0.15, 0.2) is 109 Å². The van der Waals surface area contributed by atoms with Gasteiger partial charge in [-0.25, -0.2) is 9.69 Å². The number of ketones is 1. The van der Waals surface area contributed by atoms with Crippen LogP contribution in [-0.2, 0) is 14.4 Å². The van der Waals surface area contributed by atoms with Crippen LogP contribution in [0.25, 0.3) is 6.08 Å². The maximum absolute atomic E-state index is 14.0. The van der Waals surface area contributed by atoms with E-state index in [1.165, 1.54) is 4.90 Å². The van der Waals surface area contributed by atoms with Gasteiger partial charge in [-0.3, -0.25) is 14.4 Å². The standard InChI is InChI=1S/C35H26N2O5/c1-21-11-16-25(17-12-21)36-33(39)29-28-20-15-22-7-5-6-10-27(22)37(28)31(30(29)34(36)40)35(41)42-26-18-13-24(14-19-26)32(38)23-8-3-2-4-9-23/h2-20,28-31H,1H3/t28-,29-,30+,31-/m0/s1. The van der Waals surface area contributed by atoms with Crippen LogP contribution in [0, 0.1) is 18.8 Å². The minimum atomic E-state index is -1.02. The number of amides is 2. The van der Waals surface area contributed by atoms with Crippen molar-refractivity contribution in [3.8, 4) is 5.75 Å². The lowest BCUT2D eigenvalue weighted by atomic mass is 9.89. The fourth-order valence-electron chi connectivity index (χ4n) is 6.34. The average molecular weight is 555 g/mol. The molecule has 0 unspecified atom stereocenters. The smallest absolute Gasteiger partial charge is 0.335 e. The second kappa shape index (κ2) is 9.96. The van der Waals surface area contributed by atoms with Crippen LogP contribution in [0.5, 0.6) is 5.75 Å². The van der Waals surface area contributed by atoms with Gasteiger partial charge in [0.1, 0.15) is 11.8 Å². The van der Waals surface area contributed by atoms with E-state index in [1.54, 1.807) is 60.7 Å². The molecule has 0 aliphatic carbocycles. The number of carbonyl (C=O) groups is 4. The molecule has 4 atom stereocenters. The molecule has 4 aromatic carbocycles. The fraction of sp³-hybridized carbons (Fsp3) is 0.143. The van der Waals surface area contributed by atoms with Crippen LogP contribution < -0.4 is 14.5 Å². The van der Waals surface area contributed by atoms with Gasteiger partial charge in [0, 0.05) is 16.8 Å². The number of nitrogens with zero attached hydrogens (tertiary/aromatic N) is 2. The molecule has 0 radical (unpaired) electrons. The molecule has 7 nitrogen and oxygen atoms in total. The van der Waals surface area contributed by atoms with Gasteiger partial charge in [0.15, 0.2) is 5.78 Å². The summed E-state index contributed by atoms with van der Waals surface area (Å²) in [6.45, 7) is 1.93.